The molecule has 0 aromatic heterocycles. The molecule has 1 aromatic rings. The number of carbonyl (C=O) groups excluding carboxylic acids is 1. The van der Waals surface area contributed by atoms with Gasteiger partial charge in [0.25, 0.3) is 0 Å². The Hall–Kier alpha value is -1.39. The molecular formula is C18H28O4. The second-order valence-corrected chi connectivity index (χ2v) is 5.68. The third kappa shape index (κ3) is 4.82. The van der Waals surface area contributed by atoms with Crippen molar-refractivity contribution in [2.75, 3.05) is 7.11 Å². The molecule has 1 saturated carbocycles. The molecule has 3 rings (SSSR count). The van der Waals surface area contributed by atoms with Crippen LogP contribution in [0, 0.1) is 5.41 Å². The molecule has 2 fully saturated rings. The van der Waals surface area contributed by atoms with Crippen molar-refractivity contribution in [2.45, 2.75) is 58.8 Å². The molecule has 0 radical (unpaired) electrons. The van der Waals surface area contributed by atoms with Crippen LogP contribution < -0.4 is 0 Å². The number of hydrogen-bond donors (Lipinski definition) is 1. The lowest BCUT2D eigenvalue weighted by molar-refractivity contribution is -0.147. The van der Waals surface area contributed by atoms with E-state index in [2.05, 4.69) is 0 Å². The predicted octanol–water partition coefficient (Wildman–Crippen LogP) is 3.84. The highest BCUT2D eigenvalue weighted by molar-refractivity contribution is 5.78. The van der Waals surface area contributed by atoms with Gasteiger partial charge in [0, 0.05) is 19.1 Å². The monoisotopic (exact) mass is 308 g/mol. The van der Waals surface area contributed by atoms with Gasteiger partial charge in [-0.3, -0.25) is 4.79 Å². The van der Waals surface area contributed by atoms with Crippen molar-refractivity contribution in [2.24, 2.45) is 5.41 Å². The minimum absolute atomic E-state index is 0.0370. The van der Waals surface area contributed by atoms with E-state index in [1.165, 1.54) is 7.11 Å². The van der Waals surface area contributed by atoms with Crippen molar-refractivity contribution in [3.05, 3.63) is 35.9 Å². The molecule has 2 aliphatic rings. The first kappa shape index (κ1) is 18.7. The zero-order valence-electron chi connectivity index (χ0n) is 14.0. The Kier molecular flexibility index (Phi) is 7.56. The van der Waals surface area contributed by atoms with E-state index < -0.39 is 6.29 Å². The number of carbonyl (C=O) groups is 1. The summed E-state index contributed by atoms with van der Waals surface area (Å²) in [4.78, 5) is 11.2. The molecular weight excluding hydrogens is 280 g/mol. The van der Waals surface area contributed by atoms with Gasteiger partial charge >= 0.3 is 5.97 Å². The predicted molar refractivity (Wildman–Crippen MR) is 86.2 cm³/mol. The number of hydrogen-bond acceptors (Lipinski definition) is 4. The molecule has 124 valence electrons. The van der Waals surface area contributed by atoms with Gasteiger partial charge in [0.15, 0.2) is 6.29 Å². The number of benzene rings is 1. The molecule has 4 heteroatoms. The first-order chi connectivity index (χ1) is 10.5. The zero-order chi connectivity index (χ0) is 16.6. The molecule has 22 heavy (non-hydrogen) atoms. The summed E-state index contributed by atoms with van der Waals surface area (Å²) < 4.78 is 9.84. The molecule has 1 saturated heterocycles. The number of methoxy groups -OCH3 is 1. The standard InChI is InChI=1S/C8H12O2.C8H10O2.C2H6/c1-8-4-2-3-6(5-8)10-7(8)9;1-10-8(9)7-5-3-2-4-6-7;1-2/h6H,2-5H2,1H3;2-6,8-9H,1H3;1-2H3/t6-,8+;;/m0../s1. The zero-order valence-corrected chi connectivity index (χ0v) is 14.0. The van der Waals surface area contributed by atoms with Crippen molar-refractivity contribution in [3.8, 4) is 0 Å². The number of rotatable bonds is 2. The van der Waals surface area contributed by atoms with Gasteiger partial charge in [-0.15, -0.1) is 0 Å². The summed E-state index contributed by atoms with van der Waals surface area (Å²) in [6.07, 6.45) is 3.70. The topological polar surface area (TPSA) is 55.8 Å². The molecule has 1 N–H and O–H groups in total. The Bertz CT molecular complexity index is 446. The second kappa shape index (κ2) is 8.91. The average Bonchev–Trinajstić information content (AvgIpc) is 2.77. The summed E-state index contributed by atoms with van der Waals surface area (Å²) in [6, 6.07) is 9.24. The van der Waals surface area contributed by atoms with Crippen molar-refractivity contribution in [1.29, 1.82) is 0 Å². The van der Waals surface area contributed by atoms with E-state index in [0.29, 0.717) is 0 Å². The van der Waals surface area contributed by atoms with Crippen LogP contribution in [0.2, 0.25) is 0 Å². The molecule has 1 heterocycles. The van der Waals surface area contributed by atoms with Crippen LogP contribution >= 0.6 is 0 Å². The lowest BCUT2D eigenvalue weighted by atomic mass is 9.77. The molecule has 1 unspecified atom stereocenters. The summed E-state index contributed by atoms with van der Waals surface area (Å²) in [5, 5.41) is 9.11. The fourth-order valence-corrected chi connectivity index (χ4v) is 2.76. The van der Waals surface area contributed by atoms with E-state index in [9.17, 15) is 4.79 Å². The molecule has 1 aliphatic heterocycles. The van der Waals surface area contributed by atoms with Crippen LogP contribution in [0.3, 0.4) is 0 Å². The van der Waals surface area contributed by atoms with Gasteiger partial charge in [-0.1, -0.05) is 44.2 Å². The van der Waals surface area contributed by atoms with E-state index in [1.807, 2.05) is 51.1 Å². The van der Waals surface area contributed by atoms with Gasteiger partial charge in [-0.2, -0.15) is 0 Å². The Morgan fingerprint density at radius 3 is 2.45 bits per heavy atom. The summed E-state index contributed by atoms with van der Waals surface area (Å²) >= 11 is 0. The van der Waals surface area contributed by atoms with E-state index in [1.54, 1.807) is 0 Å². The average molecular weight is 308 g/mol. The number of aliphatic hydroxyl groups is 1. The minimum Gasteiger partial charge on any atom is -0.462 e. The normalized spacial score (nSPS) is 26.8. The Balaban J connectivity index is 0.000000198. The van der Waals surface area contributed by atoms with Crippen LogP contribution in [-0.2, 0) is 14.3 Å². The Morgan fingerprint density at radius 1 is 1.32 bits per heavy atom. The molecule has 3 atom stereocenters. The largest absolute Gasteiger partial charge is 0.462 e. The van der Waals surface area contributed by atoms with Gasteiger partial charge in [0.1, 0.15) is 6.10 Å². The van der Waals surface area contributed by atoms with Crippen LogP contribution in [0.5, 0.6) is 0 Å². The number of aliphatic hydroxyl groups excluding tert-OH is 1. The van der Waals surface area contributed by atoms with Crippen LogP contribution in [0.25, 0.3) is 0 Å². The lowest BCUT2D eigenvalue weighted by Crippen LogP contribution is -2.23. The molecule has 0 spiro atoms. The van der Waals surface area contributed by atoms with Crippen molar-refractivity contribution in [1.82, 2.24) is 0 Å². The highest BCUT2D eigenvalue weighted by Gasteiger charge is 2.47. The maximum Gasteiger partial charge on any atom is 0.312 e. The summed E-state index contributed by atoms with van der Waals surface area (Å²) in [6.45, 7) is 6.02. The first-order valence-electron chi connectivity index (χ1n) is 8.02. The van der Waals surface area contributed by atoms with E-state index in [4.69, 9.17) is 14.6 Å². The third-order valence-electron chi connectivity index (χ3n) is 4.01. The SMILES string of the molecule is CC.COC(O)c1ccccc1.C[C@@]12CCC[C@@H](C1)OC2=O. The quantitative estimate of drug-likeness (QED) is 0.666. The number of fused-ring (bicyclic) bond motifs is 2. The summed E-state index contributed by atoms with van der Waals surface area (Å²) in [5.41, 5.74) is 0.674. The smallest absolute Gasteiger partial charge is 0.312 e. The van der Waals surface area contributed by atoms with Gasteiger partial charge in [-0.25, -0.2) is 0 Å². The maximum absolute atomic E-state index is 11.2. The van der Waals surface area contributed by atoms with Crippen LogP contribution in [0.4, 0.5) is 0 Å². The molecule has 1 aliphatic carbocycles. The Labute approximate surface area is 133 Å². The third-order valence-corrected chi connectivity index (χ3v) is 4.01. The summed E-state index contributed by atoms with van der Waals surface area (Å²) in [5.74, 6) is 0.0370. The van der Waals surface area contributed by atoms with E-state index in [0.717, 1.165) is 31.2 Å². The molecule has 1 aromatic carbocycles. The van der Waals surface area contributed by atoms with Gasteiger partial charge in [0.2, 0.25) is 0 Å². The Morgan fingerprint density at radius 2 is 1.95 bits per heavy atom. The number of esters is 1. The van der Waals surface area contributed by atoms with Crippen molar-refractivity contribution < 1.29 is 19.4 Å². The lowest BCUT2D eigenvalue weighted by Gasteiger charge is -2.22. The minimum atomic E-state index is -0.791. The summed E-state index contributed by atoms with van der Waals surface area (Å²) in [7, 11) is 1.47. The maximum atomic E-state index is 11.2. The van der Waals surface area contributed by atoms with Crippen molar-refractivity contribution >= 4 is 5.97 Å². The number of ether oxygens (including phenoxy) is 2. The van der Waals surface area contributed by atoms with Crippen molar-refractivity contribution in [3.63, 3.8) is 0 Å². The highest BCUT2D eigenvalue weighted by Crippen LogP contribution is 2.43. The van der Waals surface area contributed by atoms with E-state index in [-0.39, 0.29) is 17.5 Å². The fourth-order valence-electron chi connectivity index (χ4n) is 2.76. The highest BCUT2D eigenvalue weighted by atomic mass is 16.6. The van der Waals surface area contributed by atoms with Crippen LogP contribution in [-0.4, -0.2) is 24.3 Å². The molecule has 0 amide bonds. The van der Waals surface area contributed by atoms with Gasteiger partial charge in [0.05, 0.1) is 5.41 Å². The van der Waals surface area contributed by atoms with Crippen LogP contribution in [0.1, 0.15) is 58.3 Å². The van der Waals surface area contributed by atoms with E-state index >= 15 is 0 Å². The second-order valence-electron chi connectivity index (χ2n) is 5.68. The molecule has 4 nitrogen and oxygen atoms in total. The van der Waals surface area contributed by atoms with Gasteiger partial charge < -0.3 is 14.6 Å². The first-order valence-corrected chi connectivity index (χ1v) is 8.02. The molecule has 2 bridgehead atoms. The van der Waals surface area contributed by atoms with Crippen LogP contribution in [0.15, 0.2) is 30.3 Å². The van der Waals surface area contributed by atoms with Gasteiger partial charge in [-0.05, 0) is 26.2 Å². The fraction of sp³-hybridized carbons (Fsp3) is 0.611.